The Balaban J connectivity index is 1.87. The largest absolute Gasteiger partial charge is 0.586 e. The number of nitrogens with one attached hydrogen (secondary N) is 1. The lowest BCUT2D eigenvalue weighted by Gasteiger charge is -2.05. The van der Waals surface area contributed by atoms with Crippen molar-refractivity contribution in [3.05, 3.63) is 60.4 Å². The number of allylic oxidation sites excluding steroid dienone is 2. The molecule has 2 heterocycles. The lowest BCUT2D eigenvalue weighted by molar-refractivity contribution is -0.286. The first-order valence-corrected chi connectivity index (χ1v) is 8.48. The lowest BCUT2D eigenvalue weighted by atomic mass is 10.1. The topological polar surface area (TPSA) is 60.5 Å². The number of carbonyl (C=O) groups excluding carboxylic acids is 1. The molecule has 0 saturated carbocycles. The molecule has 0 spiro atoms. The van der Waals surface area contributed by atoms with Gasteiger partial charge >= 0.3 is 6.29 Å². The van der Waals surface area contributed by atoms with Crippen LogP contribution in [0, 0.1) is 6.92 Å². The molecule has 1 aromatic carbocycles. The number of aryl methyl sites for hydroxylation is 1. The summed E-state index contributed by atoms with van der Waals surface area (Å²) in [6.07, 6.45) is -1.80. The van der Waals surface area contributed by atoms with Crippen molar-refractivity contribution in [1.82, 2.24) is 4.98 Å². The van der Waals surface area contributed by atoms with Crippen LogP contribution in [0.5, 0.6) is 11.5 Å². The molecule has 1 N–H and O–H groups in total. The van der Waals surface area contributed by atoms with Crippen molar-refractivity contribution in [1.29, 1.82) is 0 Å². The number of rotatable bonds is 5. The Morgan fingerprint density at radius 2 is 1.93 bits per heavy atom. The van der Waals surface area contributed by atoms with Gasteiger partial charge in [-0.15, -0.1) is 8.78 Å². The van der Waals surface area contributed by atoms with Crippen LogP contribution in [-0.2, 0) is 4.79 Å². The van der Waals surface area contributed by atoms with Crippen LogP contribution in [-0.4, -0.2) is 17.2 Å². The van der Waals surface area contributed by atoms with Gasteiger partial charge in [-0.3, -0.25) is 4.79 Å². The number of aromatic nitrogens is 1. The molecule has 0 radical (unpaired) electrons. The zero-order valence-electron chi connectivity index (χ0n) is 14.3. The zero-order valence-corrected chi connectivity index (χ0v) is 15.1. The third kappa shape index (κ3) is 3.77. The van der Waals surface area contributed by atoms with Crippen LogP contribution in [0.2, 0.25) is 0 Å². The minimum atomic E-state index is -3.75. The fourth-order valence-corrected chi connectivity index (χ4v) is 3.32. The van der Waals surface area contributed by atoms with E-state index in [2.05, 4.69) is 32.9 Å². The second kappa shape index (κ2) is 7.12. The average Bonchev–Trinajstić information content (AvgIpc) is 3.15. The van der Waals surface area contributed by atoms with Crippen LogP contribution in [0.25, 0.3) is 10.6 Å². The number of fused-ring (bicyclic) bond motifs is 1. The van der Waals surface area contributed by atoms with E-state index in [0.29, 0.717) is 22.2 Å². The summed E-state index contributed by atoms with van der Waals surface area (Å²) in [5.41, 5.74) is 0.155. The molecule has 0 aliphatic carbocycles. The Hall–Kier alpha value is -3.14. The van der Waals surface area contributed by atoms with Gasteiger partial charge in [0.2, 0.25) is 0 Å². The average molecular weight is 412 g/mol. The zero-order chi connectivity index (χ0) is 20.6. The number of halogens is 4. The highest BCUT2D eigenvalue weighted by Crippen LogP contribution is 2.45. The molecule has 146 valence electrons. The maximum Gasteiger partial charge on any atom is 0.586 e. The van der Waals surface area contributed by atoms with E-state index in [1.807, 2.05) is 0 Å². The van der Waals surface area contributed by atoms with E-state index in [1.54, 1.807) is 6.92 Å². The van der Waals surface area contributed by atoms with Gasteiger partial charge in [-0.2, -0.15) is 0 Å². The number of nitrogens with zero attached hydrogens (tertiary/aromatic N) is 1. The molecule has 3 rings (SSSR count). The number of carbonyl (C=O) groups is 1. The summed E-state index contributed by atoms with van der Waals surface area (Å²) in [6.45, 7) is 7.72. The molecule has 1 aliphatic rings. The SMILES string of the molecule is C=C/C(F)=C(\C(=C)F)C(=O)Nc1cnc(-c2cc3c(cc2C)OC(F)(F)O3)s1. The summed E-state index contributed by atoms with van der Waals surface area (Å²) in [6, 6.07) is 2.71. The van der Waals surface area contributed by atoms with Gasteiger partial charge in [0.1, 0.15) is 27.2 Å². The van der Waals surface area contributed by atoms with Gasteiger partial charge in [-0.1, -0.05) is 24.5 Å². The Morgan fingerprint density at radius 3 is 2.54 bits per heavy atom. The fourth-order valence-electron chi connectivity index (χ4n) is 2.42. The molecular formula is C18H12F4N2O3S. The van der Waals surface area contributed by atoms with E-state index in [1.165, 1.54) is 18.3 Å². The van der Waals surface area contributed by atoms with E-state index in [9.17, 15) is 22.4 Å². The number of alkyl halides is 2. The molecule has 0 saturated heterocycles. The highest BCUT2D eigenvalue weighted by molar-refractivity contribution is 7.19. The number of thiazole rings is 1. The Morgan fingerprint density at radius 1 is 1.29 bits per heavy atom. The van der Waals surface area contributed by atoms with Gasteiger partial charge < -0.3 is 14.8 Å². The summed E-state index contributed by atoms with van der Waals surface area (Å²) in [7, 11) is 0. The third-order valence-electron chi connectivity index (χ3n) is 3.64. The molecule has 10 heteroatoms. The van der Waals surface area contributed by atoms with E-state index in [-0.39, 0.29) is 16.5 Å². The van der Waals surface area contributed by atoms with Crippen LogP contribution in [0.3, 0.4) is 0 Å². The smallest absolute Gasteiger partial charge is 0.395 e. The second-order valence-electron chi connectivity index (χ2n) is 5.60. The molecule has 2 aromatic rings. The molecular weight excluding hydrogens is 400 g/mol. The van der Waals surface area contributed by atoms with Crippen molar-refractivity contribution in [2.45, 2.75) is 13.2 Å². The molecule has 28 heavy (non-hydrogen) atoms. The van der Waals surface area contributed by atoms with Crippen molar-refractivity contribution < 1.29 is 31.8 Å². The highest BCUT2D eigenvalue weighted by atomic mass is 32.1. The summed E-state index contributed by atoms with van der Waals surface area (Å²) in [4.78, 5) is 16.2. The number of amides is 1. The molecule has 0 unspecified atom stereocenters. The summed E-state index contributed by atoms with van der Waals surface area (Å²) in [5, 5.41) is 2.85. The van der Waals surface area contributed by atoms with Crippen molar-refractivity contribution in [2.24, 2.45) is 0 Å². The highest BCUT2D eigenvalue weighted by Gasteiger charge is 2.43. The monoisotopic (exact) mass is 412 g/mol. The minimum absolute atomic E-state index is 0.104. The molecule has 5 nitrogen and oxygen atoms in total. The van der Waals surface area contributed by atoms with Gasteiger partial charge in [0.15, 0.2) is 11.5 Å². The van der Waals surface area contributed by atoms with Crippen LogP contribution < -0.4 is 14.8 Å². The summed E-state index contributed by atoms with van der Waals surface area (Å²) >= 11 is 0.972. The van der Waals surface area contributed by atoms with Crippen molar-refractivity contribution >= 4 is 22.2 Å². The van der Waals surface area contributed by atoms with Gasteiger partial charge in [0.05, 0.1) is 6.20 Å². The van der Waals surface area contributed by atoms with Crippen LogP contribution in [0.4, 0.5) is 22.6 Å². The first-order chi connectivity index (χ1) is 13.1. The third-order valence-corrected chi connectivity index (χ3v) is 4.58. The molecule has 0 fully saturated rings. The molecule has 1 aliphatic heterocycles. The number of hydrogen-bond donors (Lipinski definition) is 1. The number of benzene rings is 1. The van der Waals surface area contributed by atoms with Crippen LogP contribution in [0.15, 0.2) is 54.8 Å². The van der Waals surface area contributed by atoms with Crippen LogP contribution in [0.1, 0.15) is 5.56 Å². The van der Waals surface area contributed by atoms with Gasteiger partial charge in [-0.25, -0.2) is 13.8 Å². The maximum absolute atomic E-state index is 13.6. The van der Waals surface area contributed by atoms with E-state index in [4.69, 9.17) is 0 Å². The first-order valence-electron chi connectivity index (χ1n) is 7.66. The van der Waals surface area contributed by atoms with E-state index in [0.717, 1.165) is 11.3 Å². The molecule has 0 atom stereocenters. The molecule has 1 amide bonds. The predicted molar refractivity (Wildman–Crippen MR) is 95.7 cm³/mol. The normalized spacial score (nSPS) is 15.0. The van der Waals surface area contributed by atoms with Crippen molar-refractivity contribution in [3.8, 4) is 22.1 Å². The van der Waals surface area contributed by atoms with Gasteiger partial charge in [0, 0.05) is 5.56 Å². The Labute approximate surface area is 160 Å². The second-order valence-corrected chi connectivity index (χ2v) is 6.63. The van der Waals surface area contributed by atoms with Gasteiger partial charge in [-0.05, 0) is 30.7 Å². The quantitative estimate of drug-likeness (QED) is 0.413. The van der Waals surface area contributed by atoms with E-state index >= 15 is 0 Å². The standard InChI is InChI=1S/C18H12F4N2O3S/c1-4-11(20)15(9(3)19)16(25)24-14-7-23-17(28-14)10-6-13-12(5-8(10)2)26-18(21,22)27-13/h4-7H,1,3H2,2H3,(H,24,25)/b15-11-. The number of anilines is 1. The maximum atomic E-state index is 13.6. The Kier molecular flexibility index (Phi) is 4.99. The molecule has 1 aromatic heterocycles. The van der Waals surface area contributed by atoms with Crippen molar-refractivity contribution in [2.75, 3.05) is 5.32 Å². The minimum Gasteiger partial charge on any atom is -0.395 e. The molecule has 0 bridgehead atoms. The van der Waals surface area contributed by atoms with Crippen molar-refractivity contribution in [3.63, 3.8) is 0 Å². The first kappa shape index (κ1) is 19.6. The van der Waals surface area contributed by atoms with Gasteiger partial charge in [0.25, 0.3) is 5.91 Å². The summed E-state index contributed by atoms with van der Waals surface area (Å²) in [5.74, 6) is -3.75. The number of hydrogen-bond acceptors (Lipinski definition) is 5. The fraction of sp³-hybridized carbons (Fsp3) is 0.111. The Bertz CT molecular complexity index is 1030. The lowest BCUT2D eigenvalue weighted by Crippen LogP contribution is -2.25. The number of ether oxygens (including phenoxy) is 2. The van der Waals surface area contributed by atoms with E-state index < -0.39 is 29.4 Å². The summed E-state index contributed by atoms with van der Waals surface area (Å²) < 4.78 is 62.2. The predicted octanol–water partition coefficient (Wildman–Crippen LogP) is 5.27. The van der Waals surface area contributed by atoms with Crippen LogP contribution >= 0.6 is 11.3 Å².